The average molecular weight is 933 g/mol. The number of carbonyl (C=O) groups is 3. The van der Waals surface area contributed by atoms with Gasteiger partial charge in [0.25, 0.3) is 0 Å². The van der Waals surface area contributed by atoms with Gasteiger partial charge in [-0.05, 0) is 96.3 Å². The number of carbonyl (C=O) groups excluding carboxylic acids is 3. The Morgan fingerprint density at radius 1 is 0.313 bits per heavy atom. The van der Waals surface area contributed by atoms with Crippen LogP contribution in [-0.4, -0.2) is 37.2 Å². The Morgan fingerprint density at radius 2 is 0.582 bits per heavy atom. The fourth-order valence-electron chi connectivity index (χ4n) is 7.68. The van der Waals surface area contributed by atoms with Crippen molar-refractivity contribution in [1.82, 2.24) is 0 Å². The molecule has 0 rings (SSSR count). The summed E-state index contributed by atoms with van der Waals surface area (Å²) >= 11 is 0. The molecular weight excluding hydrogens is 829 g/mol. The Balaban J connectivity index is 4.33. The first-order valence-electron chi connectivity index (χ1n) is 28.1. The first-order chi connectivity index (χ1) is 33.0. The highest BCUT2D eigenvalue weighted by atomic mass is 16.6. The second kappa shape index (κ2) is 55.2. The van der Waals surface area contributed by atoms with E-state index >= 15 is 0 Å². The maximum Gasteiger partial charge on any atom is 0.306 e. The van der Waals surface area contributed by atoms with Crippen molar-refractivity contribution >= 4 is 17.9 Å². The van der Waals surface area contributed by atoms with Crippen LogP contribution in [0.2, 0.25) is 0 Å². The number of ether oxygens (including phenoxy) is 3. The lowest BCUT2D eigenvalue weighted by Crippen LogP contribution is -2.30. The summed E-state index contributed by atoms with van der Waals surface area (Å²) in [6.07, 6.45) is 71.4. The van der Waals surface area contributed by atoms with E-state index < -0.39 is 6.10 Å². The number of hydrogen-bond donors (Lipinski definition) is 0. The van der Waals surface area contributed by atoms with Crippen molar-refractivity contribution in [3.8, 4) is 0 Å². The van der Waals surface area contributed by atoms with E-state index in [-0.39, 0.29) is 31.1 Å². The molecular formula is C61H104O6. The monoisotopic (exact) mass is 933 g/mol. The molecule has 0 aromatic heterocycles. The topological polar surface area (TPSA) is 78.9 Å². The predicted molar refractivity (Wildman–Crippen MR) is 288 cm³/mol. The van der Waals surface area contributed by atoms with E-state index in [9.17, 15) is 14.4 Å². The number of hydrogen-bond acceptors (Lipinski definition) is 6. The molecule has 0 N–H and O–H groups in total. The van der Waals surface area contributed by atoms with Gasteiger partial charge >= 0.3 is 17.9 Å². The van der Waals surface area contributed by atoms with Gasteiger partial charge in [0.2, 0.25) is 0 Å². The Bertz CT molecular complexity index is 1300. The van der Waals surface area contributed by atoms with Crippen LogP contribution in [0, 0.1) is 0 Å². The van der Waals surface area contributed by atoms with Crippen LogP contribution in [0.4, 0.5) is 0 Å². The summed E-state index contributed by atoms with van der Waals surface area (Å²) in [5.41, 5.74) is 0. The van der Waals surface area contributed by atoms with Crippen molar-refractivity contribution in [2.24, 2.45) is 0 Å². The Kier molecular flexibility index (Phi) is 52.4. The Hall–Kier alpha value is -3.41. The van der Waals surface area contributed by atoms with Gasteiger partial charge in [0, 0.05) is 19.3 Å². The molecule has 0 aliphatic heterocycles. The van der Waals surface area contributed by atoms with Crippen LogP contribution in [-0.2, 0) is 28.6 Å². The van der Waals surface area contributed by atoms with E-state index in [2.05, 4.69) is 106 Å². The Labute approximate surface area is 414 Å². The first kappa shape index (κ1) is 63.6. The van der Waals surface area contributed by atoms with Crippen molar-refractivity contribution < 1.29 is 28.6 Å². The van der Waals surface area contributed by atoms with E-state index in [4.69, 9.17) is 14.2 Å². The van der Waals surface area contributed by atoms with Crippen molar-refractivity contribution in [3.63, 3.8) is 0 Å². The van der Waals surface area contributed by atoms with E-state index in [0.717, 1.165) is 116 Å². The van der Waals surface area contributed by atoms with Gasteiger partial charge in [-0.3, -0.25) is 14.4 Å². The van der Waals surface area contributed by atoms with Crippen LogP contribution >= 0.6 is 0 Å². The van der Waals surface area contributed by atoms with Gasteiger partial charge in [-0.2, -0.15) is 0 Å². The van der Waals surface area contributed by atoms with Gasteiger partial charge < -0.3 is 14.2 Å². The van der Waals surface area contributed by atoms with Gasteiger partial charge in [-0.15, -0.1) is 0 Å². The molecule has 0 aromatic rings. The second-order valence-electron chi connectivity index (χ2n) is 18.5. The molecule has 0 saturated heterocycles. The molecule has 67 heavy (non-hydrogen) atoms. The molecule has 0 aliphatic carbocycles. The molecule has 0 radical (unpaired) electrons. The molecule has 1 atom stereocenters. The number of esters is 3. The minimum absolute atomic E-state index is 0.0833. The van der Waals surface area contributed by atoms with E-state index in [1.807, 2.05) is 0 Å². The summed E-state index contributed by atoms with van der Waals surface area (Å²) in [5, 5.41) is 0. The van der Waals surface area contributed by atoms with E-state index in [1.54, 1.807) is 0 Å². The van der Waals surface area contributed by atoms with Crippen LogP contribution in [0.1, 0.15) is 265 Å². The summed E-state index contributed by atoms with van der Waals surface area (Å²) in [4.78, 5) is 38.0. The highest BCUT2D eigenvalue weighted by Gasteiger charge is 2.19. The molecule has 0 bridgehead atoms. The Morgan fingerprint density at radius 3 is 0.940 bits per heavy atom. The highest BCUT2D eigenvalue weighted by molar-refractivity contribution is 5.71. The maximum atomic E-state index is 12.8. The zero-order valence-electron chi connectivity index (χ0n) is 43.9. The zero-order valence-corrected chi connectivity index (χ0v) is 43.9. The highest BCUT2D eigenvalue weighted by Crippen LogP contribution is 2.15. The van der Waals surface area contributed by atoms with Crippen LogP contribution in [0.5, 0.6) is 0 Å². The van der Waals surface area contributed by atoms with Crippen LogP contribution < -0.4 is 0 Å². The SMILES string of the molecule is CC/C=C\C/C=C\C/C=C\C/C=C\CCCCCCCCCCC(=O)OCC(COC(=O)CCCCCCCCCCC)OC(=O)CCCCCCCC/C=C\C/C=C\C/C=C\CCCCC. The van der Waals surface area contributed by atoms with Crippen molar-refractivity contribution in [3.05, 3.63) is 85.1 Å². The minimum atomic E-state index is -0.785. The minimum Gasteiger partial charge on any atom is -0.462 e. The fraction of sp³-hybridized carbons (Fsp3) is 0.721. The molecule has 384 valence electrons. The lowest BCUT2D eigenvalue weighted by Gasteiger charge is -2.18. The molecule has 0 amide bonds. The number of allylic oxidation sites excluding steroid dienone is 14. The van der Waals surface area contributed by atoms with Gasteiger partial charge in [-0.1, -0.05) is 234 Å². The van der Waals surface area contributed by atoms with Gasteiger partial charge in [0.15, 0.2) is 6.10 Å². The third-order valence-electron chi connectivity index (χ3n) is 11.9. The van der Waals surface area contributed by atoms with Gasteiger partial charge in [0.1, 0.15) is 13.2 Å². The summed E-state index contributed by atoms with van der Waals surface area (Å²) in [5.74, 6) is -0.903. The third kappa shape index (κ3) is 53.4. The van der Waals surface area contributed by atoms with Crippen LogP contribution in [0.25, 0.3) is 0 Å². The molecule has 0 aromatic carbocycles. The normalized spacial score (nSPS) is 12.7. The second-order valence-corrected chi connectivity index (χ2v) is 18.5. The molecule has 1 unspecified atom stereocenters. The van der Waals surface area contributed by atoms with Crippen molar-refractivity contribution in [2.45, 2.75) is 271 Å². The zero-order chi connectivity index (χ0) is 48.6. The molecule has 0 aliphatic rings. The fourth-order valence-corrected chi connectivity index (χ4v) is 7.68. The van der Waals surface area contributed by atoms with Crippen LogP contribution in [0.15, 0.2) is 85.1 Å². The smallest absolute Gasteiger partial charge is 0.306 e. The summed E-state index contributed by atoms with van der Waals surface area (Å²) in [6, 6.07) is 0. The number of unbranched alkanes of at least 4 members (excludes halogenated alkanes) is 25. The molecule has 0 heterocycles. The van der Waals surface area contributed by atoms with Crippen molar-refractivity contribution in [1.29, 1.82) is 0 Å². The van der Waals surface area contributed by atoms with Gasteiger partial charge in [-0.25, -0.2) is 0 Å². The number of rotatable bonds is 50. The lowest BCUT2D eigenvalue weighted by molar-refractivity contribution is -0.167. The standard InChI is InChI=1S/C61H104O6/c1-4-7-10-13-16-19-21-23-25-27-29-30-32-33-35-37-39-42-45-48-51-54-60(63)66-57-58(56-65-59(62)53-50-47-44-41-18-15-12-9-6-3)67-61(64)55-52-49-46-43-40-38-36-34-31-28-26-24-22-20-17-14-11-8-5-2/h7,10,16-17,19-20,23-26,29-31,34,58H,4-6,8-9,11-15,18,21-22,27-28,32-33,35-57H2,1-3H3/b10-7-,19-16-,20-17-,25-23-,26-24-,30-29-,34-31-. The largest absolute Gasteiger partial charge is 0.462 e. The van der Waals surface area contributed by atoms with Crippen LogP contribution in [0.3, 0.4) is 0 Å². The predicted octanol–water partition coefficient (Wildman–Crippen LogP) is 18.8. The molecule has 6 heteroatoms. The molecule has 0 saturated carbocycles. The summed E-state index contributed by atoms with van der Waals surface area (Å²) in [7, 11) is 0. The molecule has 0 spiro atoms. The van der Waals surface area contributed by atoms with E-state index in [1.165, 1.54) is 109 Å². The lowest BCUT2D eigenvalue weighted by atomic mass is 10.1. The molecule has 6 nitrogen and oxygen atoms in total. The third-order valence-corrected chi connectivity index (χ3v) is 11.9. The summed E-state index contributed by atoms with van der Waals surface area (Å²) in [6.45, 7) is 6.47. The van der Waals surface area contributed by atoms with Crippen molar-refractivity contribution in [2.75, 3.05) is 13.2 Å². The first-order valence-corrected chi connectivity index (χ1v) is 28.1. The quantitative estimate of drug-likeness (QED) is 0.0262. The van der Waals surface area contributed by atoms with Gasteiger partial charge in [0.05, 0.1) is 0 Å². The summed E-state index contributed by atoms with van der Waals surface area (Å²) < 4.78 is 16.8. The van der Waals surface area contributed by atoms with E-state index in [0.29, 0.717) is 19.3 Å². The molecule has 0 fully saturated rings. The maximum absolute atomic E-state index is 12.8. The average Bonchev–Trinajstić information content (AvgIpc) is 3.33.